The fourth-order valence-corrected chi connectivity index (χ4v) is 3.24. The number of hydrazine groups is 1. The molecule has 2 rings (SSSR count). The molecule has 2 unspecified atom stereocenters. The third-order valence-electron chi connectivity index (χ3n) is 4.37. The second-order valence-corrected chi connectivity index (χ2v) is 6.30. The van der Waals surface area contributed by atoms with Crippen LogP contribution < -0.4 is 16.2 Å². The minimum Gasteiger partial charge on any atom is -0.356 e. The first-order chi connectivity index (χ1) is 9.54. The van der Waals surface area contributed by atoms with E-state index in [2.05, 4.69) is 48.1 Å². The maximum absolute atomic E-state index is 5.60. The van der Waals surface area contributed by atoms with E-state index >= 15 is 0 Å². The first-order valence-corrected chi connectivity index (χ1v) is 7.59. The smallest absolute Gasteiger partial charge is 0.148 e. The van der Waals surface area contributed by atoms with Crippen molar-refractivity contribution in [2.45, 2.75) is 58.4 Å². The molecule has 1 aromatic heterocycles. The number of aromatic nitrogens is 2. The Kier molecular flexibility index (Phi) is 4.81. The van der Waals surface area contributed by atoms with Crippen LogP contribution in [0.25, 0.3) is 0 Å². The highest BCUT2D eigenvalue weighted by Gasteiger charge is 2.26. The van der Waals surface area contributed by atoms with Gasteiger partial charge in [0.1, 0.15) is 18.0 Å². The molecule has 2 atom stereocenters. The fraction of sp³-hybridized carbons (Fsp3) is 0.733. The van der Waals surface area contributed by atoms with Gasteiger partial charge in [-0.2, -0.15) is 0 Å². The van der Waals surface area contributed by atoms with Gasteiger partial charge in [-0.05, 0) is 24.7 Å². The zero-order chi connectivity index (χ0) is 14.7. The van der Waals surface area contributed by atoms with E-state index in [4.69, 9.17) is 5.84 Å². The maximum Gasteiger partial charge on any atom is 0.148 e. The number of anilines is 2. The van der Waals surface area contributed by atoms with Crippen molar-refractivity contribution in [1.82, 2.24) is 9.97 Å². The van der Waals surface area contributed by atoms with Crippen molar-refractivity contribution in [2.75, 3.05) is 17.4 Å². The Morgan fingerprint density at radius 1 is 1.35 bits per heavy atom. The van der Waals surface area contributed by atoms with E-state index in [-0.39, 0.29) is 0 Å². The molecule has 1 aromatic rings. The second kappa shape index (κ2) is 6.39. The summed E-state index contributed by atoms with van der Waals surface area (Å²) in [5, 5.41) is 0. The molecule has 0 amide bonds. The van der Waals surface area contributed by atoms with Gasteiger partial charge in [-0.1, -0.05) is 33.6 Å². The Hall–Kier alpha value is -1.36. The predicted molar refractivity (Wildman–Crippen MR) is 83.8 cm³/mol. The first kappa shape index (κ1) is 15.0. The summed E-state index contributed by atoms with van der Waals surface area (Å²) in [4.78, 5) is 11.1. The monoisotopic (exact) mass is 277 g/mol. The van der Waals surface area contributed by atoms with Crippen LogP contribution in [0, 0.1) is 5.92 Å². The van der Waals surface area contributed by atoms with Gasteiger partial charge in [-0.15, -0.1) is 0 Å². The molecule has 1 fully saturated rings. The Morgan fingerprint density at radius 2 is 2.10 bits per heavy atom. The molecule has 5 heteroatoms. The van der Waals surface area contributed by atoms with Crippen molar-refractivity contribution in [2.24, 2.45) is 11.8 Å². The summed E-state index contributed by atoms with van der Waals surface area (Å²) >= 11 is 0. The van der Waals surface area contributed by atoms with Crippen molar-refractivity contribution in [3.8, 4) is 0 Å². The molecule has 1 heterocycles. The van der Waals surface area contributed by atoms with E-state index in [1.54, 1.807) is 6.33 Å². The molecule has 1 aliphatic rings. The molecule has 0 saturated heterocycles. The number of hydrogen-bond acceptors (Lipinski definition) is 5. The molecule has 0 radical (unpaired) electrons. The topological polar surface area (TPSA) is 67.1 Å². The molecular formula is C15H27N5. The van der Waals surface area contributed by atoms with Crippen LogP contribution in [0.4, 0.5) is 11.6 Å². The summed E-state index contributed by atoms with van der Waals surface area (Å²) in [5.41, 5.74) is 3.81. The Bertz CT molecular complexity index is 446. The van der Waals surface area contributed by atoms with E-state index < -0.39 is 0 Å². The molecule has 3 N–H and O–H groups in total. The zero-order valence-corrected chi connectivity index (χ0v) is 13.1. The summed E-state index contributed by atoms with van der Waals surface area (Å²) in [6.07, 6.45) is 6.73. The van der Waals surface area contributed by atoms with Crippen LogP contribution in [0.2, 0.25) is 0 Å². The van der Waals surface area contributed by atoms with Crippen LogP contribution in [0.1, 0.15) is 57.9 Å². The minimum absolute atomic E-state index is 0.334. The van der Waals surface area contributed by atoms with Crippen LogP contribution in [0.3, 0.4) is 0 Å². The van der Waals surface area contributed by atoms with Gasteiger partial charge in [0.2, 0.25) is 0 Å². The second-order valence-electron chi connectivity index (χ2n) is 6.30. The lowest BCUT2D eigenvalue weighted by atomic mass is 9.86. The first-order valence-electron chi connectivity index (χ1n) is 7.59. The van der Waals surface area contributed by atoms with E-state index in [0.29, 0.717) is 12.0 Å². The standard InChI is InChI=1S/C15H27N5/c1-10(2)13-14(19-16)17-9-18-15(13)20(4)12-7-5-6-11(3)8-12/h9-12H,5-8,16H2,1-4H3,(H,17,18,19). The SMILES string of the molecule is CC1CCCC(N(C)c2ncnc(NN)c2C(C)C)C1. The van der Waals surface area contributed by atoms with Crippen LogP contribution in [0.5, 0.6) is 0 Å². The summed E-state index contributed by atoms with van der Waals surface area (Å²) in [5.74, 6) is 8.48. The highest BCUT2D eigenvalue weighted by atomic mass is 15.3. The summed E-state index contributed by atoms with van der Waals surface area (Å²) in [6, 6.07) is 0.566. The average Bonchev–Trinajstić information content (AvgIpc) is 2.45. The zero-order valence-electron chi connectivity index (χ0n) is 13.1. The van der Waals surface area contributed by atoms with Crippen molar-refractivity contribution in [1.29, 1.82) is 0 Å². The molecule has 0 aliphatic heterocycles. The molecule has 0 bridgehead atoms. The predicted octanol–water partition coefficient (Wildman–Crippen LogP) is 2.90. The quantitative estimate of drug-likeness (QED) is 0.654. The van der Waals surface area contributed by atoms with E-state index in [1.165, 1.54) is 25.7 Å². The van der Waals surface area contributed by atoms with E-state index in [0.717, 1.165) is 23.1 Å². The Labute approximate surface area is 121 Å². The lowest BCUT2D eigenvalue weighted by Crippen LogP contribution is -2.37. The van der Waals surface area contributed by atoms with Crippen molar-refractivity contribution in [3.63, 3.8) is 0 Å². The van der Waals surface area contributed by atoms with Gasteiger partial charge < -0.3 is 10.3 Å². The summed E-state index contributed by atoms with van der Waals surface area (Å²) in [7, 11) is 2.15. The summed E-state index contributed by atoms with van der Waals surface area (Å²) in [6.45, 7) is 6.65. The van der Waals surface area contributed by atoms with Gasteiger partial charge >= 0.3 is 0 Å². The molecule has 0 spiro atoms. The van der Waals surface area contributed by atoms with Crippen molar-refractivity contribution >= 4 is 11.6 Å². The molecule has 5 nitrogen and oxygen atoms in total. The third-order valence-corrected chi connectivity index (χ3v) is 4.37. The number of nitrogens with zero attached hydrogens (tertiary/aromatic N) is 3. The van der Waals surface area contributed by atoms with E-state index in [9.17, 15) is 0 Å². The highest BCUT2D eigenvalue weighted by molar-refractivity contribution is 5.60. The Balaban J connectivity index is 2.31. The van der Waals surface area contributed by atoms with Gasteiger partial charge in [-0.3, -0.25) is 0 Å². The number of nitrogens with two attached hydrogens (primary N) is 1. The molecule has 1 aliphatic carbocycles. The molecule has 112 valence electrons. The van der Waals surface area contributed by atoms with Crippen LogP contribution >= 0.6 is 0 Å². The Morgan fingerprint density at radius 3 is 2.70 bits per heavy atom. The molecule has 1 saturated carbocycles. The number of rotatable bonds is 4. The van der Waals surface area contributed by atoms with Gasteiger partial charge in [0.15, 0.2) is 0 Å². The maximum atomic E-state index is 5.60. The molecular weight excluding hydrogens is 250 g/mol. The number of hydrogen-bond donors (Lipinski definition) is 2. The highest BCUT2D eigenvalue weighted by Crippen LogP contribution is 2.34. The number of nitrogen functional groups attached to an aromatic ring is 1. The minimum atomic E-state index is 0.334. The van der Waals surface area contributed by atoms with Crippen LogP contribution in [-0.2, 0) is 0 Å². The fourth-order valence-electron chi connectivity index (χ4n) is 3.24. The average molecular weight is 277 g/mol. The molecule has 0 aromatic carbocycles. The van der Waals surface area contributed by atoms with Crippen molar-refractivity contribution < 1.29 is 0 Å². The van der Waals surface area contributed by atoms with Crippen molar-refractivity contribution in [3.05, 3.63) is 11.9 Å². The van der Waals surface area contributed by atoms with Gasteiger partial charge in [-0.25, -0.2) is 15.8 Å². The lowest BCUT2D eigenvalue weighted by Gasteiger charge is -2.36. The van der Waals surface area contributed by atoms with Gasteiger partial charge in [0, 0.05) is 18.7 Å². The van der Waals surface area contributed by atoms with Crippen LogP contribution in [0.15, 0.2) is 6.33 Å². The van der Waals surface area contributed by atoms with Crippen LogP contribution in [-0.4, -0.2) is 23.1 Å². The normalized spacial score (nSPS) is 22.9. The van der Waals surface area contributed by atoms with Gasteiger partial charge in [0.25, 0.3) is 0 Å². The van der Waals surface area contributed by atoms with Gasteiger partial charge in [0.05, 0.1) is 0 Å². The largest absolute Gasteiger partial charge is 0.356 e. The third kappa shape index (κ3) is 3.03. The van der Waals surface area contributed by atoms with E-state index in [1.807, 2.05) is 0 Å². The summed E-state index contributed by atoms with van der Waals surface area (Å²) < 4.78 is 0. The lowest BCUT2D eigenvalue weighted by molar-refractivity contribution is 0.335. The number of nitrogens with one attached hydrogen (secondary N) is 1. The molecule has 20 heavy (non-hydrogen) atoms.